The predicted octanol–water partition coefficient (Wildman–Crippen LogP) is 6.34. The van der Waals surface area contributed by atoms with Gasteiger partial charge in [-0.25, -0.2) is 9.59 Å². The zero-order valence-electron chi connectivity index (χ0n) is 32.2. The van der Waals surface area contributed by atoms with Crippen molar-refractivity contribution in [3.8, 4) is 0 Å². The fourth-order valence-electron chi connectivity index (χ4n) is 4.97. The molecule has 5 amide bonds. The van der Waals surface area contributed by atoms with Gasteiger partial charge in [0.15, 0.2) is 0 Å². The van der Waals surface area contributed by atoms with Gasteiger partial charge in [-0.15, -0.1) is 0 Å². The number of anilines is 4. The number of rotatable bonds is 18. The molecular formula is C40H55N7O7. The lowest BCUT2D eigenvalue weighted by Crippen LogP contribution is -2.38. The summed E-state index contributed by atoms with van der Waals surface area (Å²) >= 11 is 0. The first-order valence-corrected chi connectivity index (χ1v) is 18.1. The van der Waals surface area contributed by atoms with Crippen LogP contribution in [-0.4, -0.2) is 78.7 Å². The number of hydrogen-bond donors (Lipinski definition) is 6. The highest BCUT2D eigenvalue weighted by molar-refractivity contribution is 5.93. The Kier molecular flexibility index (Phi) is 16.9. The maximum atomic E-state index is 13.0. The van der Waals surface area contributed by atoms with Crippen molar-refractivity contribution in [2.75, 3.05) is 54.0 Å². The third-order valence-corrected chi connectivity index (χ3v) is 7.34. The van der Waals surface area contributed by atoms with E-state index in [2.05, 4.69) is 31.9 Å². The molecule has 14 nitrogen and oxygen atoms in total. The van der Waals surface area contributed by atoms with Crippen LogP contribution in [0.2, 0.25) is 0 Å². The number of benzene rings is 3. The van der Waals surface area contributed by atoms with E-state index in [0.29, 0.717) is 68.4 Å². The summed E-state index contributed by atoms with van der Waals surface area (Å²) < 4.78 is 10.6. The normalized spacial score (nSPS) is 11.3. The van der Waals surface area contributed by atoms with Gasteiger partial charge in [0.25, 0.3) is 0 Å². The van der Waals surface area contributed by atoms with Gasteiger partial charge in [0, 0.05) is 81.3 Å². The number of carbonyl (C=O) groups is 5. The van der Waals surface area contributed by atoms with Crippen molar-refractivity contribution in [1.29, 1.82) is 0 Å². The smallest absolute Gasteiger partial charge is 0.412 e. The SMILES string of the molecule is CC(C)(C)OC(=O)Nc1cccc(NC(=O)CCN(CCNC(=O)CCNCc2ccccc2)CCC(=O)Nc2cccc(NC(=O)OC(C)(C)C)c2)c1. The molecule has 0 heterocycles. The molecule has 0 unspecified atom stereocenters. The van der Waals surface area contributed by atoms with Gasteiger partial charge in [-0.05, 0) is 83.5 Å². The van der Waals surface area contributed by atoms with Gasteiger partial charge in [-0.3, -0.25) is 25.0 Å². The average molecular weight is 746 g/mol. The zero-order chi connectivity index (χ0) is 39.6. The Labute approximate surface area is 318 Å². The Morgan fingerprint density at radius 3 is 1.46 bits per heavy atom. The molecule has 0 aliphatic rings. The standard InChI is InChI=1S/C40H55N7O7/c1-39(2,3)53-37(51)45-32-16-10-14-30(26-32)43-35(49)19-23-47(25-22-42-34(48)18-21-41-28-29-12-8-7-9-13-29)24-20-36(50)44-31-15-11-17-33(27-31)46-38(52)54-40(4,5)6/h7-17,26-27,41H,18-25,28H2,1-6H3,(H,42,48)(H,43,49)(H,44,50)(H,45,51)(H,46,52). The summed E-state index contributed by atoms with van der Waals surface area (Å²) in [6.45, 7) is 13.2. The van der Waals surface area contributed by atoms with Crippen LogP contribution in [0, 0.1) is 0 Å². The van der Waals surface area contributed by atoms with Gasteiger partial charge in [-0.1, -0.05) is 42.5 Å². The zero-order valence-corrected chi connectivity index (χ0v) is 32.2. The molecule has 0 bridgehead atoms. The number of hydrogen-bond acceptors (Lipinski definition) is 9. The van der Waals surface area contributed by atoms with Crippen LogP contribution in [0.3, 0.4) is 0 Å². The van der Waals surface area contributed by atoms with Crippen LogP contribution in [0.1, 0.15) is 66.4 Å². The summed E-state index contributed by atoms with van der Waals surface area (Å²) in [5.74, 6) is -0.630. The minimum absolute atomic E-state index is 0.106. The maximum Gasteiger partial charge on any atom is 0.412 e. The molecular weight excluding hydrogens is 690 g/mol. The van der Waals surface area contributed by atoms with Gasteiger partial charge >= 0.3 is 12.2 Å². The molecule has 3 aromatic carbocycles. The summed E-state index contributed by atoms with van der Waals surface area (Å²) in [5, 5.41) is 17.2. The van der Waals surface area contributed by atoms with Gasteiger partial charge < -0.3 is 35.6 Å². The number of nitrogens with one attached hydrogen (secondary N) is 6. The topological polar surface area (TPSA) is 179 Å². The fourth-order valence-corrected chi connectivity index (χ4v) is 4.97. The monoisotopic (exact) mass is 745 g/mol. The Balaban J connectivity index is 1.53. The second-order valence-electron chi connectivity index (χ2n) is 14.6. The summed E-state index contributed by atoms with van der Waals surface area (Å²) in [6.07, 6.45) is -0.679. The Morgan fingerprint density at radius 2 is 1.00 bits per heavy atom. The largest absolute Gasteiger partial charge is 0.444 e. The van der Waals surface area contributed by atoms with Gasteiger partial charge in [0.2, 0.25) is 17.7 Å². The Bertz CT molecular complexity index is 1600. The Hall–Kier alpha value is -5.47. The van der Waals surface area contributed by atoms with Crippen LogP contribution in [0.15, 0.2) is 78.9 Å². The molecule has 0 atom stereocenters. The maximum absolute atomic E-state index is 13.0. The van der Waals surface area contributed by atoms with Crippen LogP contribution >= 0.6 is 0 Å². The number of amides is 5. The second kappa shape index (κ2) is 21.3. The minimum Gasteiger partial charge on any atom is -0.444 e. The molecule has 0 spiro atoms. The highest BCUT2D eigenvalue weighted by Crippen LogP contribution is 2.19. The molecule has 14 heteroatoms. The van der Waals surface area contributed by atoms with Crippen molar-refractivity contribution < 1.29 is 33.4 Å². The van der Waals surface area contributed by atoms with Crippen molar-refractivity contribution in [2.24, 2.45) is 0 Å². The molecule has 0 radical (unpaired) electrons. The first kappa shape index (κ1) is 42.9. The molecule has 0 saturated heterocycles. The van der Waals surface area contributed by atoms with Crippen molar-refractivity contribution in [1.82, 2.24) is 15.5 Å². The third-order valence-electron chi connectivity index (χ3n) is 7.34. The van der Waals surface area contributed by atoms with Crippen LogP contribution in [-0.2, 0) is 30.4 Å². The van der Waals surface area contributed by atoms with Crippen molar-refractivity contribution >= 4 is 52.7 Å². The van der Waals surface area contributed by atoms with E-state index in [1.165, 1.54) is 0 Å². The second-order valence-corrected chi connectivity index (χ2v) is 14.6. The van der Waals surface area contributed by atoms with Crippen LogP contribution in [0.25, 0.3) is 0 Å². The quantitative estimate of drug-likeness (QED) is 0.0811. The lowest BCUT2D eigenvalue weighted by Gasteiger charge is -2.22. The molecule has 3 rings (SSSR count). The van der Waals surface area contributed by atoms with Gasteiger partial charge in [0.05, 0.1) is 0 Å². The van der Waals surface area contributed by atoms with Crippen LogP contribution in [0.4, 0.5) is 32.3 Å². The molecule has 54 heavy (non-hydrogen) atoms. The number of carbonyl (C=O) groups excluding carboxylic acids is 5. The van der Waals surface area contributed by atoms with E-state index in [0.717, 1.165) is 5.56 Å². The van der Waals surface area contributed by atoms with Crippen LogP contribution in [0.5, 0.6) is 0 Å². The number of ether oxygens (including phenoxy) is 2. The van der Waals surface area contributed by atoms with E-state index < -0.39 is 23.4 Å². The van der Waals surface area contributed by atoms with E-state index in [1.807, 2.05) is 35.2 Å². The molecule has 0 aromatic heterocycles. The lowest BCUT2D eigenvalue weighted by atomic mass is 10.2. The molecule has 6 N–H and O–H groups in total. The first-order chi connectivity index (χ1) is 25.5. The predicted molar refractivity (Wildman–Crippen MR) is 211 cm³/mol. The lowest BCUT2D eigenvalue weighted by molar-refractivity contribution is -0.121. The van der Waals surface area contributed by atoms with E-state index in [1.54, 1.807) is 90.1 Å². The van der Waals surface area contributed by atoms with Crippen molar-refractivity contribution in [2.45, 2.75) is 78.6 Å². The van der Waals surface area contributed by atoms with Gasteiger partial charge in [0.1, 0.15) is 11.2 Å². The van der Waals surface area contributed by atoms with E-state index in [9.17, 15) is 24.0 Å². The first-order valence-electron chi connectivity index (χ1n) is 18.1. The third kappa shape index (κ3) is 18.9. The van der Waals surface area contributed by atoms with Gasteiger partial charge in [-0.2, -0.15) is 0 Å². The molecule has 0 saturated carbocycles. The van der Waals surface area contributed by atoms with Crippen molar-refractivity contribution in [3.63, 3.8) is 0 Å². The molecule has 0 aliphatic carbocycles. The van der Waals surface area contributed by atoms with E-state index in [4.69, 9.17) is 9.47 Å². The highest BCUT2D eigenvalue weighted by atomic mass is 16.6. The fraction of sp³-hybridized carbons (Fsp3) is 0.425. The molecule has 3 aromatic rings. The highest BCUT2D eigenvalue weighted by Gasteiger charge is 2.18. The van der Waals surface area contributed by atoms with Crippen molar-refractivity contribution in [3.05, 3.63) is 84.4 Å². The number of nitrogens with zero attached hydrogens (tertiary/aromatic N) is 1. The Morgan fingerprint density at radius 1 is 0.537 bits per heavy atom. The summed E-state index contributed by atoms with van der Waals surface area (Å²) in [5.41, 5.74) is 1.75. The van der Waals surface area contributed by atoms with E-state index in [-0.39, 0.29) is 30.6 Å². The molecule has 292 valence electrons. The summed E-state index contributed by atoms with van der Waals surface area (Å²) in [4.78, 5) is 64.8. The van der Waals surface area contributed by atoms with Crippen LogP contribution < -0.4 is 31.9 Å². The summed E-state index contributed by atoms with van der Waals surface area (Å²) in [6, 6.07) is 23.4. The summed E-state index contributed by atoms with van der Waals surface area (Å²) in [7, 11) is 0. The molecule has 0 aliphatic heterocycles. The minimum atomic E-state index is -0.656. The van der Waals surface area contributed by atoms with E-state index >= 15 is 0 Å². The molecule has 0 fully saturated rings. The average Bonchev–Trinajstić information content (AvgIpc) is 3.06.